The Morgan fingerprint density at radius 2 is 1.70 bits per heavy atom. The highest BCUT2D eigenvalue weighted by molar-refractivity contribution is 5.91. The summed E-state index contributed by atoms with van der Waals surface area (Å²) in [5.74, 6) is 0.998. The van der Waals surface area contributed by atoms with Crippen LogP contribution in [-0.2, 0) is 6.18 Å². The number of pyridine rings is 1. The molecule has 0 bridgehead atoms. The van der Waals surface area contributed by atoms with E-state index >= 15 is 0 Å². The maximum Gasteiger partial charge on any atom is 0.417 e. The van der Waals surface area contributed by atoms with Gasteiger partial charge in [0.05, 0.1) is 16.8 Å². The molecule has 2 N–H and O–H groups in total. The Morgan fingerprint density at radius 3 is 2.52 bits per heavy atom. The number of fused-ring (bicyclic) bond motifs is 1. The third kappa shape index (κ3) is 3.36. The maximum absolute atomic E-state index is 13.4. The van der Waals surface area contributed by atoms with E-state index in [4.69, 9.17) is 0 Å². The minimum Gasteiger partial charge on any atom is -0.323 e. The van der Waals surface area contributed by atoms with E-state index in [1.54, 1.807) is 18.2 Å². The van der Waals surface area contributed by atoms with E-state index in [9.17, 15) is 13.2 Å². The average Bonchev–Trinajstić information content (AvgIpc) is 3.04. The van der Waals surface area contributed by atoms with Crippen molar-refractivity contribution in [1.82, 2.24) is 15.2 Å². The zero-order chi connectivity index (χ0) is 19.0. The second-order valence-electron chi connectivity index (χ2n) is 6.20. The van der Waals surface area contributed by atoms with E-state index in [1.807, 2.05) is 31.2 Å². The molecule has 4 aromatic rings. The van der Waals surface area contributed by atoms with Gasteiger partial charge in [-0.15, -0.1) is 0 Å². The number of anilines is 2. The third-order valence-corrected chi connectivity index (χ3v) is 4.19. The topological polar surface area (TPSA) is 53.6 Å². The lowest BCUT2D eigenvalue weighted by Crippen LogP contribution is -2.07. The molecule has 2 aromatic carbocycles. The van der Waals surface area contributed by atoms with Gasteiger partial charge in [0.15, 0.2) is 5.82 Å². The Bertz CT molecular complexity index is 1120. The molecule has 0 spiro atoms. The van der Waals surface area contributed by atoms with Crippen LogP contribution in [0.4, 0.5) is 24.8 Å². The SMILES string of the molecule is Cc1cc(Nc2n[nH]c3ccccc23)nc(-c2ccccc2C(F)(F)F)c1. The van der Waals surface area contributed by atoms with Gasteiger partial charge in [-0.2, -0.15) is 18.3 Å². The van der Waals surface area contributed by atoms with Crippen LogP contribution in [0.25, 0.3) is 22.2 Å². The summed E-state index contributed by atoms with van der Waals surface area (Å²) in [5.41, 5.74) is 1.24. The molecule has 0 fully saturated rings. The van der Waals surface area contributed by atoms with Crippen molar-refractivity contribution in [2.45, 2.75) is 13.1 Å². The molecule has 0 saturated heterocycles. The quantitative estimate of drug-likeness (QED) is 0.488. The van der Waals surface area contributed by atoms with E-state index in [2.05, 4.69) is 20.5 Å². The van der Waals surface area contributed by atoms with Gasteiger partial charge in [-0.3, -0.25) is 5.10 Å². The Morgan fingerprint density at radius 1 is 0.963 bits per heavy atom. The molecule has 0 aliphatic heterocycles. The van der Waals surface area contributed by atoms with Crippen LogP contribution in [-0.4, -0.2) is 15.2 Å². The summed E-state index contributed by atoms with van der Waals surface area (Å²) >= 11 is 0. The predicted molar refractivity (Wildman–Crippen MR) is 98.8 cm³/mol. The van der Waals surface area contributed by atoms with Crippen LogP contribution in [0, 0.1) is 6.92 Å². The van der Waals surface area contributed by atoms with Crippen molar-refractivity contribution in [3.8, 4) is 11.3 Å². The van der Waals surface area contributed by atoms with Gasteiger partial charge >= 0.3 is 6.18 Å². The lowest BCUT2D eigenvalue weighted by atomic mass is 10.0. The van der Waals surface area contributed by atoms with E-state index in [1.165, 1.54) is 12.1 Å². The van der Waals surface area contributed by atoms with Crippen LogP contribution in [0.1, 0.15) is 11.1 Å². The number of benzene rings is 2. The molecule has 136 valence electrons. The highest BCUT2D eigenvalue weighted by Crippen LogP contribution is 2.37. The van der Waals surface area contributed by atoms with Gasteiger partial charge in [0.2, 0.25) is 0 Å². The molecule has 0 atom stereocenters. The maximum atomic E-state index is 13.4. The normalized spacial score (nSPS) is 11.7. The smallest absolute Gasteiger partial charge is 0.323 e. The predicted octanol–water partition coefficient (Wildman–Crippen LogP) is 5.70. The summed E-state index contributed by atoms with van der Waals surface area (Å²) in [6, 6.07) is 16.4. The van der Waals surface area contributed by atoms with Gasteiger partial charge in [0.1, 0.15) is 5.82 Å². The van der Waals surface area contributed by atoms with Crippen LogP contribution in [0.15, 0.2) is 60.7 Å². The van der Waals surface area contributed by atoms with Crippen molar-refractivity contribution in [3.05, 3.63) is 71.8 Å². The Balaban J connectivity index is 1.77. The first-order valence-corrected chi connectivity index (χ1v) is 8.27. The number of nitrogens with zero attached hydrogens (tertiary/aromatic N) is 2. The number of aryl methyl sites for hydroxylation is 1. The zero-order valence-electron chi connectivity index (χ0n) is 14.3. The second-order valence-corrected chi connectivity index (χ2v) is 6.20. The van der Waals surface area contributed by atoms with Crippen molar-refractivity contribution in [3.63, 3.8) is 0 Å². The van der Waals surface area contributed by atoms with Crippen LogP contribution < -0.4 is 5.32 Å². The van der Waals surface area contributed by atoms with Crippen molar-refractivity contribution in [2.75, 3.05) is 5.32 Å². The van der Waals surface area contributed by atoms with Gasteiger partial charge in [-0.05, 0) is 42.8 Å². The van der Waals surface area contributed by atoms with Gasteiger partial charge in [0.25, 0.3) is 0 Å². The van der Waals surface area contributed by atoms with Gasteiger partial charge < -0.3 is 5.32 Å². The number of alkyl halides is 3. The average molecular weight is 368 g/mol. The van der Waals surface area contributed by atoms with Crippen LogP contribution in [0.2, 0.25) is 0 Å². The first-order valence-electron chi connectivity index (χ1n) is 8.27. The highest BCUT2D eigenvalue weighted by atomic mass is 19.4. The monoisotopic (exact) mass is 368 g/mol. The molecule has 7 heteroatoms. The van der Waals surface area contributed by atoms with Gasteiger partial charge in [-0.25, -0.2) is 4.98 Å². The molecule has 4 nitrogen and oxygen atoms in total. The molecule has 0 aliphatic carbocycles. The summed E-state index contributed by atoms with van der Waals surface area (Å²) in [6.45, 7) is 1.81. The molecule has 2 aromatic heterocycles. The fourth-order valence-electron chi connectivity index (χ4n) is 3.00. The zero-order valence-corrected chi connectivity index (χ0v) is 14.3. The summed E-state index contributed by atoms with van der Waals surface area (Å²) in [4.78, 5) is 4.39. The number of hydrogen-bond acceptors (Lipinski definition) is 3. The van der Waals surface area contributed by atoms with E-state index in [-0.39, 0.29) is 11.3 Å². The standard InChI is InChI=1S/C20H15F3N4/c1-12-10-17(13-6-2-4-8-15(13)20(21,22)23)24-18(11-12)25-19-14-7-3-5-9-16(14)26-27-19/h2-11H,1H3,(H2,24,25,26,27). The number of hydrogen-bond donors (Lipinski definition) is 2. The fraction of sp³-hybridized carbons (Fsp3) is 0.100. The number of halogens is 3. The number of para-hydroxylation sites is 1. The first-order chi connectivity index (χ1) is 12.9. The number of rotatable bonds is 3. The first kappa shape index (κ1) is 17.1. The molecule has 2 heterocycles. The largest absolute Gasteiger partial charge is 0.417 e. The number of aromatic nitrogens is 3. The minimum atomic E-state index is -4.45. The molecule has 0 aliphatic rings. The molecule has 4 rings (SSSR count). The van der Waals surface area contributed by atoms with Crippen molar-refractivity contribution >= 4 is 22.5 Å². The minimum absolute atomic E-state index is 0.0450. The molecular weight excluding hydrogens is 353 g/mol. The van der Waals surface area contributed by atoms with Crippen LogP contribution in [0.5, 0.6) is 0 Å². The number of nitrogens with one attached hydrogen (secondary N) is 2. The van der Waals surface area contributed by atoms with Crippen molar-refractivity contribution in [2.24, 2.45) is 0 Å². The van der Waals surface area contributed by atoms with E-state index in [0.717, 1.165) is 22.5 Å². The summed E-state index contributed by atoms with van der Waals surface area (Å²) < 4.78 is 40.1. The lowest BCUT2D eigenvalue weighted by Gasteiger charge is -2.14. The summed E-state index contributed by atoms with van der Waals surface area (Å²) in [5, 5.41) is 11.1. The second kappa shape index (κ2) is 6.42. The summed E-state index contributed by atoms with van der Waals surface area (Å²) in [7, 11) is 0. The highest BCUT2D eigenvalue weighted by Gasteiger charge is 2.33. The van der Waals surface area contributed by atoms with Crippen molar-refractivity contribution < 1.29 is 13.2 Å². The lowest BCUT2D eigenvalue weighted by molar-refractivity contribution is -0.137. The Labute approximate surface area is 153 Å². The molecule has 0 radical (unpaired) electrons. The van der Waals surface area contributed by atoms with E-state index in [0.29, 0.717) is 11.6 Å². The number of H-pyrrole nitrogens is 1. The van der Waals surface area contributed by atoms with Gasteiger partial charge in [-0.1, -0.05) is 30.3 Å². The van der Waals surface area contributed by atoms with Crippen LogP contribution in [0.3, 0.4) is 0 Å². The van der Waals surface area contributed by atoms with Gasteiger partial charge in [0, 0.05) is 10.9 Å². The van der Waals surface area contributed by atoms with E-state index < -0.39 is 11.7 Å². The fourth-order valence-corrected chi connectivity index (χ4v) is 3.00. The summed E-state index contributed by atoms with van der Waals surface area (Å²) in [6.07, 6.45) is -4.45. The molecule has 27 heavy (non-hydrogen) atoms. The number of aromatic amines is 1. The van der Waals surface area contributed by atoms with Crippen LogP contribution >= 0.6 is 0 Å². The molecule has 0 amide bonds. The molecule has 0 saturated carbocycles. The molecular formula is C20H15F3N4. The van der Waals surface area contributed by atoms with Crippen molar-refractivity contribution in [1.29, 1.82) is 0 Å². The molecule has 0 unspecified atom stereocenters. The Hall–Kier alpha value is -3.35. The third-order valence-electron chi connectivity index (χ3n) is 4.19. The Kier molecular flexibility index (Phi) is 4.07.